The molecule has 1 aliphatic rings. The summed E-state index contributed by atoms with van der Waals surface area (Å²) in [7, 11) is -1.59. The lowest BCUT2D eigenvalue weighted by molar-refractivity contribution is 0.439. The summed E-state index contributed by atoms with van der Waals surface area (Å²) >= 11 is 0. The molecule has 0 spiro atoms. The second kappa shape index (κ2) is 4.16. The molecule has 0 atom stereocenters. The number of benzene rings is 1. The van der Waals surface area contributed by atoms with Crippen molar-refractivity contribution in [2.24, 2.45) is 0 Å². The van der Waals surface area contributed by atoms with Gasteiger partial charge in [0.25, 0.3) is 10.2 Å². The highest BCUT2D eigenvalue weighted by Crippen LogP contribution is 2.17. The smallest absolute Gasteiger partial charge is 0.195 e. The van der Waals surface area contributed by atoms with Crippen molar-refractivity contribution >= 4 is 10.2 Å². The summed E-state index contributed by atoms with van der Waals surface area (Å²) in [5, 5.41) is 0. The zero-order valence-electron chi connectivity index (χ0n) is 9.55. The summed E-state index contributed by atoms with van der Waals surface area (Å²) in [6.45, 7) is 3.75. The van der Waals surface area contributed by atoms with E-state index in [1.54, 1.807) is 7.05 Å². The fourth-order valence-electron chi connectivity index (χ4n) is 1.50. The molecule has 0 aliphatic carbocycles. The Hall–Kier alpha value is -0.910. The van der Waals surface area contributed by atoms with Crippen molar-refractivity contribution < 1.29 is 8.42 Å². The Morgan fingerprint density at radius 3 is 2.31 bits per heavy atom. The van der Waals surface area contributed by atoms with Crippen molar-refractivity contribution in [1.82, 2.24) is 8.61 Å². The van der Waals surface area contributed by atoms with Crippen molar-refractivity contribution in [2.45, 2.75) is 13.5 Å². The quantitative estimate of drug-likeness (QED) is 0.736. The molecule has 1 heterocycles. The summed E-state index contributed by atoms with van der Waals surface area (Å²) in [5.74, 6) is 0. The van der Waals surface area contributed by atoms with Crippen LogP contribution in [0.5, 0.6) is 0 Å². The molecule has 1 aromatic rings. The Kier molecular flexibility index (Phi) is 3.01. The number of aryl methyl sites for hydroxylation is 1. The molecule has 0 aromatic heterocycles. The molecule has 0 bridgehead atoms. The molecule has 0 radical (unpaired) electrons. The fourth-order valence-corrected chi connectivity index (χ4v) is 2.75. The average Bonchev–Trinajstić information content (AvgIpc) is 3.05. The summed E-state index contributed by atoms with van der Waals surface area (Å²) in [6.07, 6.45) is 0. The lowest BCUT2D eigenvalue weighted by Crippen LogP contribution is -2.31. The highest BCUT2D eigenvalue weighted by Gasteiger charge is 2.34. The molecule has 2 rings (SSSR count). The van der Waals surface area contributed by atoms with Crippen LogP contribution in [0.3, 0.4) is 0 Å². The van der Waals surface area contributed by atoms with Gasteiger partial charge in [-0.3, -0.25) is 0 Å². The van der Waals surface area contributed by atoms with Gasteiger partial charge in [-0.2, -0.15) is 17.0 Å². The minimum absolute atomic E-state index is 0.430. The minimum Gasteiger partial charge on any atom is -0.195 e. The number of hydrogen-bond acceptors (Lipinski definition) is 2. The molecule has 1 saturated heterocycles. The molecule has 0 saturated carbocycles. The molecule has 0 amide bonds. The molecule has 0 N–H and O–H groups in total. The lowest BCUT2D eigenvalue weighted by Gasteiger charge is -2.17. The van der Waals surface area contributed by atoms with Crippen LogP contribution in [-0.4, -0.2) is 37.2 Å². The predicted octanol–water partition coefficient (Wildman–Crippen LogP) is 0.987. The van der Waals surface area contributed by atoms with Crippen LogP contribution in [0.2, 0.25) is 0 Å². The van der Waals surface area contributed by atoms with E-state index >= 15 is 0 Å². The maximum atomic E-state index is 11.8. The molecular weight excluding hydrogens is 224 g/mol. The first-order chi connectivity index (χ1) is 7.50. The van der Waals surface area contributed by atoms with Crippen molar-refractivity contribution in [2.75, 3.05) is 20.1 Å². The van der Waals surface area contributed by atoms with Gasteiger partial charge in [-0.1, -0.05) is 29.8 Å². The Balaban J connectivity index is 2.07. The van der Waals surface area contributed by atoms with Crippen molar-refractivity contribution in [1.29, 1.82) is 0 Å². The molecule has 4 nitrogen and oxygen atoms in total. The first kappa shape index (κ1) is 11.6. The van der Waals surface area contributed by atoms with Gasteiger partial charge in [-0.25, -0.2) is 0 Å². The van der Waals surface area contributed by atoms with E-state index in [2.05, 4.69) is 0 Å². The zero-order valence-corrected chi connectivity index (χ0v) is 10.4. The van der Waals surface area contributed by atoms with Crippen LogP contribution in [0, 0.1) is 6.92 Å². The maximum absolute atomic E-state index is 11.8. The van der Waals surface area contributed by atoms with E-state index in [1.165, 1.54) is 14.2 Å². The molecule has 1 aliphatic heterocycles. The van der Waals surface area contributed by atoms with E-state index in [4.69, 9.17) is 0 Å². The van der Waals surface area contributed by atoms with Crippen LogP contribution in [0.1, 0.15) is 11.1 Å². The van der Waals surface area contributed by atoms with Gasteiger partial charge >= 0.3 is 0 Å². The molecule has 88 valence electrons. The standard InChI is InChI=1S/C11H16N2O2S/c1-10-3-5-11(6-4-10)9-12(2)16(14,15)13-7-8-13/h3-6H,7-9H2,1-2H3. The van der Waals surface area contributed by atoms with E-state index in [9.17, 15) is 8.42 Å². The van der Waals surface area contributed by atoms with E-state index < -0.39 is 10.2 Å². The van der Waals surface area contributed by atoms with Crippen LogP contribution < -0.4 is 0 Å². The van der Waals surface area contributed by atoms with Crippen LogP contribution in [-0.2, 0) is 16.8 Å². The number of hydrogen-bond donors (Lipinski definition) is 0. The molecule has 16 heavy (non-hydrogen) atoms. The van der Waals surface area contributed by atoms with Crippen LogP contribution in [0.15, 0.2) is 24.3 Å². The molecular formula is C11H16N2O2S. The largest absolute Gasteiger partial charge is 0.282 e. The normalized spacial score (nSPS) is 16.7. The van der Waals surface area contributed by atoms with E-state index in [1.807, 2.05) is 31.2 Å². The van der Waals surface area contributed by atoms with Gasteiger partial charge in [0.2, 0.25) is 0 Å². The summed E-state index contributed by atoms with van der Waals surface area (Å²) < 4.78 is 26.5. The maximum Gasteiger partial charge on any atom is 0.282 e. The van der Waals surface area contributed by atoms with Crippen LogP contribution in [0.4, 0.5) is 0 Å². The van der Waals surface area contributed by atoms with Gasteiger partial charge in [-0.05, 0) is 12.5 Å². The number of rotatable bonds is 4. The molecule has 0 unspecified atom stereocenters. The Morgan fingerprint density at radius 1 is 1.25 bits per heavy atom. The summed E-state index contributed by atoms with van der Waals surface area (Å²) in [4.78, 5) is 0. The zero-order chi connectivity index (χ0) is 11.8. The Bertz CT molecular complexity index is 463. The van der Waals surface area contributed by atoms with Gasteiger partial charge in [0, 0.05) is 26.7 Å². The summed E-state index contributed by atoms with van der Waals surface area (Å²) in [5.41, 5.74) is 2.19. The Morgan fingerprint density at radius 2 is 1.81 bits per heavy atom. The third-order valence-corrected chi connectivity index (χ3v) is 4.59. The van der Waals surface area contributed by atoms with E-state index in [0.717, 1.165) is 5.56 Å². The van der Waals surface area contributed by atoms with Gasteiger partial charge < -0.3 is 0 Å². The summed E-state index contributed by atoms with van der Waals surface area (Å²) in [6, 6.07) is 7.91. The second-order valence-corrected chi connectivity index (χ2v) is 6.18. The lowest BCUT2D eigenvalue weighted by atomic mass is 10.1. The number of nitrogens with zero attached hydrogens (tertiary/aromatic N) is 2. The van der Waals surface area contributed by atoms with Crippen molar-refractivity contribution in [3.05, 3.63) is 35.4 Å². The minimum atomic E-state index is -3.21. The average molecular weight is 240 g/mol. The first-order valence-electron chi connectivity index (χ1n) is 5.27. The molecule has 1 aromatic carbocycles. The highest BCUT2D eigenvalue weighted by molar-refractivity contribution is 7.86. The van der Waals surface area contributed by atoms with Gasteiger partial charge in [0.05, 0.1) is 0 Å². The Labute approximate surface area is 96.7 Å². The van der Waals surface area contributed by atoms with Gasteiger partial charge in [-0.15, -0.1) is 0 Å². The van der Waals surface area contributed by atoms with Crippen molar-refractivity contribution in [3.63, 3.8) is 0 Å². The first-order valence-corrected chi connectivity index (χ1v) is 6.67. The van der Waals surface area contributed by atoms with Crippen LogP contribution >= 0.6 is 0 Å². The third-order valence-electron chi connectivity index (χ3n) is 2.65. The highest BCUT2D eigenvalue weighted by atomic mass is 32.2. The van der Waals surface area contributed by atoms with Crippen molar-refractivity contribution in [3.8, 4) is 0 Å². The second-order valence-electron chi connectivity index (χ2n) is 4.15. The SMILES string of the molecule is Cc1ccc(CN(C)S(=O)(=O)N2CC2)cc1. The molecule has 5 heteroatoms. The predicted molar refractivity (Wildman–Crippen MR) is 63.1 cm³/mol. The fraction of sp³-hybridized carbons (Fsp3) is 0.455. The monoisotopic (exact) mass is 240 g/mol. The molecule has 1 fully saturated rings. The third kappa shape index (κ3) is 2.42. The van der Waals surface area contributed by atoms with Gasteiger partial charge in [0.15, 0.2) is 0 Å². The van der Waals surface area contributed by atoms with E-state index in [0.29, 0.717) is 19.6 Å². The van der Waals surface area contributed by atoms with Crippen LogP contribution in [0.25, 0.3) is 0 Å². The van der Waals surface area contributed by atoms with E-state index in [-0.39, 0.29) is 0 Å². The topological polar surface area (TPSA) is 40.4 Å². The van der Waals surface area contributed by atoms with Gasteiger partial charge in [0.1, 0.15) is 0 Å².